The lowest BCUT2D eigenvalue weighted by Crippen LogP contribution is -2.29. The molecule has 0 fully saturated rings. The fourth-order valence-corrected chi connectivity index (χ4v) is 4.16. The zero-order valence-corrected chi connectivity index (χ0v) is 16.8. The average molecular weight is 421 g/mol. The molecule has 3 aromatic rings. The second kappa shape index (κ2) is 8.74. The van der Waals surface area contributed by atoms with Gasteiger partial charge in [0.25, 0.3) is 0 Å². The van der Waals surface area contributed by atoms with Crippen molar-refractivity contribution in [2.45, 2.75) is 4.90 Å². The molecule has 0 aliphatic rings. The van der Waals surface area contributed by atoms with Crippen LogP contribution in [0.5, 0.6) is 0 Å². The van der Waals surface area contributed by atoms with Crippen molar-refractivity contribution in [3.05, 3.63) is 42.5 Å². The standard InChI is InChI=1S/C18H20N4O4S2/c1-28(25,26)15-6-7-16-17(12-15)27-18(19-16)21-20-13-2-4-14(5-3-13)22(8-10-23)9-11-24/h2-7,12,23-24H,8-11H2,1H3. The predicted molar refractivity (Wildman–Crippen MR) is 110 cm³/mol. The molecule has 0 aliphatic carbocycles. The van der Waals surface area contributed by atoms with E-state index in [0.29, 0.717) is 29.4 Å². The van der Waals surface area contributed by atoms with Gasteiger partial charge in [-0.2, -0.15) is 0 Å². The van der Waals surface area contributed by atoms with Crippen LogP contribution in [0.2, 0.25) is 0 Å². The largest absolute Gasteiger partial charge is 0.395 e. The molecule has 3 rings (SSSR count). The maximum absolute atomic E-state index is 11.7. The Kier molecular flexibility index (Phi) is 6.35. The third-order valence-corrected chi connectivity index (χ3v) is 6.00. The minimum Gasteiger partial charge on any atom is -0.395 e. The number of aliphatic hydroxyl groups excluding tert-OH is 2. The maximum Gasteiger partial charge on any atom is 0.231 e. The van der Waals surface area contributed by atoms with Crippen LogP contribution in [-0.2, 0) is 9.84 Å². The number of hydrogen-bond donors (Lipinski definition) is 2. The molecule has 148 valence electrons. The number of rotatable bonds is 8. The molecule has 28 heavy (non-hydrogen) atoms. The number of anilines is 1. The Morgan fingerprint density at radius 1 is 1.04 bits per heavy atom. The van der Waals surface area contributed by atoms with Crippen molar-refractivity contribution in [2.24, 2.45) is 10.2 Å². The Balaban J connectivity index is 1.78. The molecule has 0 saturated carbocycles. The van der Waals surface area contributed by atoms with Crippen molar-refractivity contribution in [2.75, 3.05) is 37.5 Å². The molecule has 0 atom stereocenters. The topological polar surface area (TPSA) is 115 Å². The molecule has 8 nitrogen and oxygen atoms in total. The highest BCUT2D eigenvalue weighted by Gasteiger charge is 2.10. The number of aromatic nitrogens is 1. The van der Waals surface area contributed by atoms with Gasteiger partial charge in [0.15, 0.2) is 9.84 Å². The Bertz CT molecular complexity index is 1070. The van der Waals surface area contributed by atoms with Crippen LogP contribution in [-0.4, -0.2) is 56.2 Å². The lowest BCUT2D eigenvalue weighted by Gasteiger charge is -2.22. The van der Waals surface area contributed by atoms with E-state index in [1.54, 1.807) is 24.3 Å². The fraction of sp³-hybridized carbons (Fsp3) is 0.278. The molecule has 0 aliphatic heterocycles. The van der Waals surface area contributed by atoms with Gasteiger partial charge in [-0.15, -0.1) is 10.2 Å². The monoisotopic (exact) mass is 420 g/mol. The zero-order chi connectivity index (χ0) is 20.1. The van der Waals surface area contributed by atoms with Crippen molar-refractivity contribution < 1.29 is 18.6 Å². The number of benzene rings is 2. The van der Waals surface area contributed by atoms with Gasteiger partial charge in [0.2, 0.25) is 5.13 Å². The van der Waals surface area contributed by atoms with E-state index < -0.39 is 9.84 Å². The molecule has 0 saturated heterocycles. The van der Waals surface area contributed by atoms with Gasteiger partial charge in [0.1, 0.15) is 0 Å². The van der Waals surface area contributed by atoms with Crippen LogP contribution in [0.3, 0.4) is 0 Å². The van der Waals surface area contributed by atoms with Gasteiger partial charge in [-0.05, 0) is 42.5 Å². The van der Waals surface area contributed by atoms with E-state index in [1.165, 1.54) is 23.7 Å². The third kappa shape index (κ3) is 4.90. The summed E-state index contributed by atoms with van der Waals surface area (Å²) in [5.41, 5.74) is 2.17. The van der Waals surface area contributed by atoms with Crippen LogP contribution in [0.25, 0.3) is 10.2 Å². The van der Waals surface area contributed by atoms with E-state index in [2.05, 4.69) is 15.2 Å². The van der Waals surface area contributed by atoms with Gasteiger partial charge in [-0.25, -0.2) is 13.4 Å². The van der Waals surface area contributed by atoms with Gasteiger partial charge in [-0.1, -0.05) is 11.3 Å². The summed E-state index contributed by atoms with van der Waals surface area (Å²) in [6, 6.07) is 12.0. The van der Waals surface area contributed by atoms with Crippen molar-refractivity contribution in [3.8, 4) is 0 Å². The van der Waals surface area contributed by atoms with E-state index in [1.807, 2.05) is 17.0 Å². The lowest BCUT2D eigenvalue weighted by molar-refractivity contribution is 0.281. The molecule has 0 bridgehead atoms. The first-order chi connectivity index (χ1) is 13.4. The number of nitrogens with zero attached hydrogens (tertiary/aromatic N) is 4. The normalized spacial score (nSPS) is 12.1. The molecule has 0 amide bonds. The molecule has 2 aromatic carbocycles. The highest BCUT2D eigenvalue weighted by atomic mass is 32.2. The number of thiazole rings is 1. The van der Waals surface area contributed by atoms with E-state index in [-0.39, 0.29) is 18.1 Å². The third-order valence-electron chi connectivity index (χ3n) is 3.98. The van der Waals surface area contributed by atoms with Crippen LogP contribution in [0.15, 0.2) is 57.6 Å². The minimum absolute atomic E-state index is 0.000112. The first-order valence-electron chi connectivity index (χ1n) is 8.50. The van der Waals surface area contributed by atoms with Crippen molar-refractivity contribution >= 4 is 47.9 Å². The van der Waals surface area contributed by atoms with Gasteiger partial charge >= 0.3 is 0 Å². The van der Waals surface area contributed by atoms with E-state index in [0.717, 1.165) is 10.4 Å². The summed E-state index contributed by atoms with van der Waals surface area (Å²) in [4.78, 5) is 6.46. The summed E-state index contributed by atoms with van der Waals surface area (Å²) in [6.07, 6.45) is 1.17. The van der Waals surface area contributed by atoms with Crippen LogP contribution in [0.1, 0.15) is 0 Å². The minimum atomic E-state index is -3.27. The molecular weight excluding hydrogens is 400 g/mol. The number of azo groups is 1. The SMILES string of the molecule is CS(=O)(=O)c1ccc2nc(N=Nc3ccc(N(CCO)CCO)cc3)sc2c1. The number of hydrogen-bond acceptors (Lipinski definition) is 9. The Morgan fingerprint density at radius 3 is 2.32 bits per heavy atom. The summed E-state index contributed by atoms with van der Waals surface area (Å²) in [5, 5.41) is 27.0. The predicted octanol–water partition coefficient (Wildman–Crippen LogP) is 2.91. The van der Waals surface area contributed by atoms with Gasteiger partial charge < -0.3 is 15.1 Å². The number of fused-ring (bicyclic) bond motifs is 1. The number of sulfone groups is 1. The first-order valence-corrected chi connectivity index (χ1v) is 11.2. The van der Waals surface area contributed by atoms with Gasteiger partial charge in [-0.3, -0.25) is 0 Å². The van der Waals surface area contributed by atoms with Crippen molar-refractivity contribution in [1.29, 1.82) is 0 Å². The Hall–Kier alpha value is -2.40. The summed E-state index contributed by atoms with van der Waals surface area (Å²) >= 11 is 1.27. The second-order valence-electron chi connectivity index (χ2n) is 6.05. The average Bonchev–Trinajstić information content (AvgIpc) is 3.08. The molecule has 0 unspecified atom stereocenters. The molecular formula is C18H20N4O4S2. The lowest BCUT2D eigenvalue weighted by atomic mass is 10.2. The Labute approximate surface area is 166 Å². The molecule has 0 radical (unpaired) electrons. The van der Waals surface area contributed by atoms with Gasteiger partial charge in [0.05, 0.1) is 34.0 Å². The van der Waals surface area contributed by atoms with Crippen molar-refractivity contribution in [3.63, 3.8) is 0 Å². The van der Waals surface area contributed by atoms with Crippen molar-refractivity contribution in [1.82, 2.24) is 4.98 Å². The quantitative estimate of drug-likeness (QED) is 0.542. The smallest absolute Gasteiger partial charge is 0.231 e. The zero-order valence-electron chi connectivity index (χ0n) is 15.2. The van der Waals surface area contributed by atoms with Crippen LogP contribution < -0.4 is 4.90 Å². The highest BCUT2D eigenvalue weighted by Crippen LogP contribution is 2.31. The summed E-state index contributed by atoms with van der Waals surface area (Å²) in [6.45, 7) is 0.866. The molecule has 1 aromatic heterocycles. The molecule has 10 heteroatoms. The van der Waals surface area contributed by atoms with E-state index >= 15 is 0 Å². The molecule has 0 spiro atoms. The maximum atomic E-state index is 11.7. The molecule has 2 N–H and O–H groups in total. The second-order valence-corrected chi connectivity index (χ2v) is 9.07. The fourth-order valence-electron chi connectivity index (χ4n) is 2.61. The highest BCUT2D eigenvalue weighted by molar-refractivity contribution is 7.90. The van der Waals surface area contributed by atoms with E-state index in [4.69, 9.17) is 10.2 Å². The summed E-state index contributed by atoms with van der Waals surface area (Å²) in [5.74, 6) is 0. The number of aliphatic hydroxyl groups is 2. The first kappa shape index (κ1) is 20.3. The Morgan fingerprint density at radius 2 is 1.71 bits per heavy atom. The van der Waals surface area contributed by atoms with Crippen LogP contribution in [0.4, 0.5) is 16.5 Å². The molecule has 1 heterocycles. The summed E-state index contributed by atoms with van der Waals surface area (Å²) in [7, 11) is -3.27. The van der Waals surface area contributed by atoms with E-state index in [9.17, 15) is 8.42 Å². The van der Waals surface area contributed by atoms with Gasteiger partial charge in [0, 0.05) is 25.0 Å². The van der Waals surface area contributed by atoms with Crippen LogP contribution in [0, 0.1) is 0 Å². The summed E-state index contributed by atoms with van der Waals surface area (Å²) < 4.78 is 24.1. The van der Waals surface area contributed by atoms with Crippen LogP contribution >= 0.6 is 11.3 Å².